The van der Waals surface area contributed by atoms with E-state index in [2.05, 4.69) is 24.1 Å². The highest BCUT2D eigenvalue weighted by molar-refractivity contribution is 5.51. The van der Waals surface area contributed by atoms with Crippen molar-refractivity contribution in [3.05, 3.63) is 24.3 Å². The average molecular weight is 220 g/mol. The second kappa shape index (κ2) is 4.74. The Morgan fingerprint density at radius 2 is 2.19 bits per heavy atom. The Bertz CT molecular complexity index is 354. The molecule has 0 saturated heterocycles. The lowest BCUT2D eigenvalue weighted by Gasteiger charge is -2.30. The molecule has 0 heterocycles. The highest BCUT2D eigenvalue weighted by Crippen LogP contribution is 2.28. The molecule has 2 N–H and O–H groups in total. The zero-order valence-corrected chi connectivity index (χ0v) is 10.0. The Balaban J connectivity index is 2.16. The number of anilines is 1. The fourth-order valence-corrected chi connectivity index (χ4v) is 2.47. The van der Waals surface area contributed by atoms with E-state index in [0.29, 0.717) is 12.1 Å². The van der Waals surface area contributed by atoms with Crippen molar-refractivity contribution < 1.29 is 4.74 Å². The highest BCUT2D eigenvalue weighted by atomic mass is 16.5. The number of nitrogens with zero attached hydrogens (tertiary/aromatic N) is 1. The van der Waals surface area contributed by atoms with Gasteiger partial charge in [-0.15, -0.1) is 0 Å². The van der Waals surface area contributed by atoms with E-state index >= 15 is 0 Å². The Labute approximate surface area is 97.2 Å². The third-order valence-electron chi connectivity index (χ3n) is 3.49. The lowest BCUT2D eigenvalue weighted by molar-refractivity contribution is 0.414. The summed E-state index contributed by atoms with van der Waals surface area (Å²) in [5.74, 6) is 0.899. The van der Waals surface area contributed by atoms with E-state index < -0.39 is 0 Å². The predicted molar refractivity (Wildman–Crippen MR) is 67.0 cm³/mol. The van der Waals surface area contributed by atoms with Crippen molar-refractivity contribution in [2.45, 2.75) is 31.3 Å². The van der Waals surface area contributed by atoms with Crippen LogP contribution in [0.1, 0.15) is 19.3 Å². The minimum atomic E-state index is 0.302. The van der Waals surface area contributed by atoms with Gasteiger partial charge in [-0.3, -0.25) is 0 Å². The Morgan fingerprint density at radius 3 is 2.81 bits per heavy atom. The lowest BCUT2D eigenvalue weighted by Crippen LogP contribution is -2.42. The number of likely N-dealkylation sites (N-methyl/N-ethyl adjacent to an activating group) is 1. The molecule has 2 atom stereocenters. The molecule has 1 saturated carbocycles. The van der Waals surface area contributed by atoms with Gasteiger partial charge in [0.1, 0.15) is 5.75 Å². The van der Waals surface area contributed by atoms with E-state index in [4.69, 9.17) is 10.5 Å². The van der Waals surface area contributed by atoms with Crippen molar-refractivity contribution in [1.82, 2.24) is 0 Å². The number of rotatable bonds is 3. The zero-order valence-electron chi connectivity index (χ0n) is 10.0. The summed E-state index contributed by atoms with van der Waals surface area (Å²) in [5, 5.41) is 0. The molecule has 1 fully saturated rings. The standard InChI is InChI=1S/C13H20N2O/c1-15(13-8-4-7-12(13)14)10-5-3-6-11(9-10)16-2/h3,5-6,9,12-13H,4,7-8,14H2,1-2H3. The molecule has 0 aliphatic heterocycles. The van der Waals surface area contributed by atoms with Gasteiger partial charge in [0.15, 0.2) is 0 Å². The van der Waals surface area contributed by atoms with Gasteiger partial charge in [0.05, 0.1) is 7.11 Å². The van der Waals surface area contributed by atoms with Crippen LogP contribution in [0.2, 0.25) is 0 Å². The van der Waals surface area contributed by atoms with E-state index in [-0.39, 0.29) is 0 Å². The van der Waals surface area contributed by atoms with Crippen molar-refractivity contribution in [3.63, 3.8) is 0 Å². The van der Waals surface area contributed by atoms with E-state index in [1.54, 1.807) is 7.11 Å². The van der Waals surface area contributed by atoms with Gasteiger partial charge >= 0.3 is 0 Å². The molecule has 3 heteroatoms. The number of benzene rings is 1. The van der Waals surface area contributed by atoms with Crippen LogP contribution in [-0.4, -0.2) is 26.2 Å². The third-order valence-corrected chi connectivity index (χ3v) is 3.49. The first-order valence-corrected chi connectivity index (χ1v) is 5.85. The first-order valence-electron chi connectivity index (χ1n) is 5.85. The van der Waals surface area contributed by atoms with Crippen molar-refractivity contribution in [2.24, 2.45) is 5.73 Å². The van der Waals surface area contributed by atoms with Crippen LogP contribution in [0.5, 0.6) is 5.75 Å². The van der Waals surface area contributed by atoms with Gasteiger partial charge < -0.3 is 15.4 Å². The molecular weight excluding hydrogens is 200 g/mol. The quantitative estimate of drug-likeness (QED) is 0.847. The number of methoxy groups -OCH3 is 1. The fraction of sp³-hybridized carbons (Fsp3) is 0.538. The maximum atomic E-state index is 6.11. The molecule has 0 amide bonds. The van der Waals surface area contributed by atoms with E-state index in [1.807, 2.05) is 12.1 Å². The number of hydrogen-bond donors (Lipinski definition) is 1. The molecular formula is C13H20N2O. The molecule has 1 aliphatic carbocycles. The zero-order chi connectivity index (χ0) is 11.5. The smallest absolute Gasteiger partial charge is 0.120 e. The van der Waals surface area contributed by atoms with Gasteiger partial charge in [0.2, 0.25) is 0 Å². The van der Waals surface area contributed by atoms with Gasteiger partial charge in [-0.25, -0.2) is 0 Å². The minimum absolute atomic E-state index is 0.302. The van der Waals surface area contributed by atoms with Crippen molar-refractivity contribution in [1.29, 1.82) is 0 Å². The van der Waals surface area contributed by atoms with Gasteiger partial charge in [-0.05, 0) is 31.4 Å². The van der Waals surface area contributed by atoms with E-state index in [9.17, 15) is 0 Å². The minimum Gasteiger partial charge on any atom is -0.497 e. The summed E-state index contributed by atoms with van der Waals surface area (Å²) >= 11 is 0. The normalized spacial score (nSPS) is 24.4. The summed E-state index contributed by atoms with van der Waals surface area (Å²) in [5.41, 5.74) is 7.30. The van der Waals surface area contributed by atoms with Crippen LogP contribution < -0.4 is 15.4 Å². The fourth-order valence-electron chi connectivity index (χ4n) is 2.47. The van der Waals surface area contributed by atoms with Gasteiger partial charge in [-0.1, -0.05) is 6.07 Å². The maximum absolute atomic E-state index is 6.11. The molecule has 0 spiro atoms. The SMILES string of the molecule is COc1cccc(N(C)C2CCCC2N)c1. The number of nitrogens with two attached hydrogens (primary N) is 1. The number of ether oxygens (including phenoxy) is 1. The molecule has 1 aromatic rings. The average Bonchev–Trinajstić information content (AvgIpc) is 2.74. The topological polar surface area (TPSA) is 38.5 Å². The van der Waals surface area contributed by atoms with E-state index in [1.165, 1.54) is 18.5 Å². The second-order valence-corrected chi connectivity index (χ2v) is 4.47. The van der Waals surface area contributed by atoms with Crippen LogP contribution >= 0.6 is 0 Å². The first-order chi connectivity index (χ1) is 7.72. The van der Waals surface area contributed by atoms with Crippen LogP contribution in [0.3, 0.4) is 0 Å². The summed E-state index contributed by atoms with van der Waals surface area (Å²) in [6, 6.07) is 8.92. The Hall–Kier alpha value is -1.22. The molecule has 0 radical (unpaired) electrons. The van der Waals surface area contributed by atoms with Crippen LogP contribution in [0.4, 0.5) is 5.69 Å². The van der Waals surface area contributed by atoms with Gasteiger partial charge in [0, 0.05) is 30.9 Å². The molecule has 88 valence electrons. The second-order valence-electron chi connectivity index (χ2n) is 4.47. The third kappa shape index (κ3) is 2.14. The largest absolute Gasteiger partial charge is 0.497 e. The van der Waals surface area contributed by atoms with Gasteiger partial charge in [-0.2, -0.15) is 0 Å². The summed E-state index contributed by atoms with van der Waals surface area (Å²) < 4.78 is 5.24. The van der Waals surface area contributed by atoms with Crippen molar-refractivity contribution in [2.75, 3.05) is 19.1 Å². The Kier molecular flexibility index (Phi) is 3.34. The lowest BCUT2D eigenvalue weighted by atomic mass is 10.1. The Morgan fingerprint density at radius 1 is 1.38 bits per heavy atom. The molecule has 2 unspecified atom stereocenters. The summed E-state index contributed by atoms with van der Waals surface area (Å²) in [6.07, 6.45) is 3.56. The van der Waals surface area contributed by atoms with Crippen LogP contribution in [0.25, 0.3) is 0 Å². The monoisotopic (exact) mass is 220 g/mol. The molecule has 2 rings (SSSR count). The summed E-state index contributed by atoms with van der Waals surface area (Å²) in [6.45, 7) is 0. The molecule has 16 heavy (non-hydrogen) atoms. The van der Waals surface area contributed by atoms with Gasteiger partial charge in [0.25, 0.3) is 0 Å². The maximum Gasteiger partial charge on any atom is 0.120 e. The highest BCUT2D eigenvalue weighted by Gasteiger charge is 2.27. The summed E-state index contributed by atoms with van der Waals surface area (Å²) in [4.78, 5) is 2.28. The molecule has 0 bridgehead atoms. The van der Waals surface area contributed by atoms with E-state index in [0.717, 1.165) is 12.2 Å². The molecule has 1 aromatic carbocycles. The van der Waals surface area contributed by atoms with Crippen LogP contribution in [0, 0.1) is 0 Å². The molecule has 1 aliphatic rings. The van der Waals surface area contributed by atoms with Crippen LogP contribution in [0.15, 0.2) is 24.3 Å². The molecule has 0 aromatic heterocycles. The summed E-state index contributed by atoms with van der Waals surface area (Å²) in [7, 11) is 3.81. The number of hydrogen-bond acceptors (Lipinski definition) is 3. The van der Waals surface area contributed by atoms with Crippen LogP contribution in [-0.2, 0) is 0 Å². The first kappa shape index (κ1) is 11.3. The van der Waals surface area contributed by atoms with Crippen molar-refractivity contribution >= 4 is 5.69 Å². The molecule has 3 nitrogen and oxygen atoms in total. The predicted octanol–water partition coefficient (Wildman–Crippen LogP) is 2.01. The van der Waals surface area contributed by atoms with Crippen molar-refractivity contribution in [3.8, 4) is 5.75 Å².